The van der Waals surface area contributed by atoms with Gasteiger partial charge in [-0.1, -0.05) is 111 Å². The van der Waals surface area contributed by atoms with E-state index in [-0.39, 0.29) is 65.7 Å². The summed E-state index contributed by atoms with van der Waals surface area (Å²) in [6.45, 7) is 21.8. The van der Waals surface area contributed by atoms with Gasteiger partial charge < -0.3 is 0 Å². The molecule has 49 heavy (non-hydrogen) atoms. The predicted octanol–water partition coefficient (Wildman–Crippen LogP) is 14.2. The number of carbonyl (C=O) groups excluding carboxylic acids is 4. The summed E-state index contributed by atoms with van der Waals surface area (Å²) in [6, 6.07) is 0. The fraction of sp³-hybridized carbons (Fsp3) is 0.600. The predicted molar refractivity (Wildman–Crippen MR) is 221 cm³/mol. The zero-order chi connectivity index (χ0) is 34.8. The normalized spacial score (nSPS) is 11.6. The van der Waals surface area contributed by atoms with Gasteiger partial charge in [0.2, 0.25) is 11.6 Å². The molecule has 0 heterocycles. The van der Waals surface area contributed by atoms with Crippen molar-refractivity contribution in [1.82, 2.24) is 0 Å². The van der Waals surface area contributed by atoms with Crippen LogP contribution in [0.2, 0.25) is 0 Å². The zero-order valence-corrected chi connectivity index (χ0v) is 30.7. The first kappa shape index (κ1) is 58.1. The minimum atomic E-state index is -0.357. The summed E-state index contributed by atoms with van der Waals surface area (Å²) in [5, 5.41) is 0. The van der Waals surface area contributed by atoms with Crippen molar-refractivity contribution >= 4 is 23.1 Å². The number of ketones is 4. The summed E-state index contributed by atoms with van der Waals surface area (Å²) in [4.78, 5) is 44.2. The number of rotatable bonds is 21. The first-order valence-corrected chi connectivity index (χ1v) is 16.7. The lowest BCUT2D eigenvalue weighted by atomic mass is 10.0. The summed E-state index contributed by atoms with van der Waals surface area (Å²) in [7, 11) is 0. The molecule has 284 valence electrons. The minimum Gasteiger partial charge on any atom is -0.291 e. The third-order valence-electron chi connectivity index (χ3n) is 7.33. The fourth-order valence-electron chi connectivity index (χ4n) is 4.15. The maximum absolute atomic E-state index is 11.3. The molecule has 0 aromatic rings. The Hall–Kier alpha value is -3.14. The van der Waals surface area contributed by atoms with Gasteiger partial charge in [0, 0.05) is 26.7 Å². The summed E-state index contributed by atoms with van der Waals surface area (Å²) in [5.74, 6) is -1.33. The van der Waals surface area contributed by atoms with E-state index in [2.05, 4.69) is 78.8 Å². The average Bonchev–Trinajstić information content (AvgIpc) is 2.94. The molecule has 0 aromatic heterocycles. The van der Waals surface area contributed by atoms with Crippen LogP contribution in [0.4, 0.5) is 0 Å². The first-order chi connectivity index (χ1) is 21.0. The summed E-state index contributed by atoms with van der Waals surface area (Å²) in [5.41, 5.74) is 9.41. The highest BCUT2D eigenvalue weighted by Gasteiger charge is 2.05. The Morgan fingerprint density at radius 3 is 0.735 bits per heavy atom. The molecule has 0 aliphatic rings. The summed E-state index contributed by atoms with van der Waals surface area (Å²) >= 11 is 0. The molecule has 0 amide bonds. The Kier molecular flexibility index (Phi) is 42.9. The second-order valence-corrected chi connectivity index (χ2v) is 12.9. The second kappa shape index (κ2) is 36.1. The third-order valence-corrected chi connectivity index (χ3v) is 7.33. The van der Waals surface area contributed by atoms with Gasteiger partial charge in [0.25, 0.3) is 0 Å². The van der Waals surface area contributed by atoms with Crippen LogP contribution in [0.15, 0.2) is 81.5 Å². The van der Waals surface area contributed by atoms with Gasteiger partial charge in [0.15, 0.2) is 11.6 Å². The van der Waals surface area contributed by atoms with E-state index in [0.717, 1.165) is 64.2 Å². The van der Waals surface area contributed by atoms with Gasteiger partial charge in [0.1, 0.15) is 0 Å². The maximum atomic E-state index is 11.3. The molecule has 0 aliphatic heterocycles. The molecule has 0 spiro atoms. The van der Waals surface area contributed by atoms with E-state index in [1.54, 1.807) is 0 Å². The molecular formula is C45H80O4. The van der Waals surface area contributed by atoms with E-state index < -0.39 is 0 Å². The van der Waals surface area contributed by atoms with Crippen molar-refractivity contribution in [2.45, 2.75) is 183 Å². The van der Waals surface area contributed by atoms with Gasteiger partial charge in [-0.3, -0.25) is 19.2 Å². The number of allylic oxidation sites excluding steroid dienone is 14. The maximum Gasteiger partial charge on any atom is 0.201 e. The van der Waals surface area contributed by atoms with E-state index in [9.17, 15) is 19.2 Å². The van der Waals surface area contributed by atoms with Gasteiger partial charge in [-0.2, -0.15) is 0 Å². The average molecular weight is 685 g/mol. The van der Waals surface area contributed by atoms with Crippen molar-refractivity contribution < 1.29 is 19.2 Å². The molecule has 4 heteroatoms. The van der Waals surface area contributed by atoms with Crippen LogP contribution < -0.4 is 0 Å². The molecule has 0 radical (unpaired) electrons. The lowest BCUT2D eigenvalue weighted by molar-refractivity contribution is -0.134. The van der Waals surface area contributed by atoms with Crippen LogP contribution in [0.3, 0.4) is 0 Å². The van der Waals surface area contributed by atoms with Crippen LogP contribution in [-0.2, 0) is 19.2 Å². The van der Waals surface area contributed by atoms with E-state index in [0.29, 0.717) is 0 Å². The number of hydrogen-bond acceptors (Lipinski definition) is 4. The molecule has 0 saturated carbocycles. The monoisotopic (exact) mass is 685 g/mol. The number of carbonyl (C=O) groups is 4. The fourth-order valence-corrected chi connectivity index (χ4v) is 4.15. The smallest absolute Gasteiger partial charge is 0.201 e. The topological polar surface area (TPSA) is 68.3 Å². The van der Waals surface area contributed by atoms with Crippen LogP contribution in [0.25, 0.3) is 0 Å². The molecular weight excluding hydrogens is 604 g/mol. The molecule has 0 fully saturated rings. The summed E-state index contributed by atoms with van der Waals surface area (Å²) in [6.07, 6.45) is 26.3. The number of Topliss-reactive ketones (excluding diaryl/α,β-unsaturated/α-hetero) is 4. The highest BCUT2D eigenvalue weighted by molar-refractivity contribution is 6.36. The lowest BCUT2D eigenvalue weighted by Crippen LogP contribution is -2.07. The third kappa shape index (κ3) is 40.9. The molecule has 0 aromatic carbocycles. The van der Waals surface area contributed by atoms with Gasteiger partial charge in [-0.05, 0) is 127 Å². The SMILES string of the molecule is C.C.C.C.CC(=O)C(=O)C/C=C(\C)CC/C=C(\C)CC/C=C(\C)CCC=C(C)C.CC(=O)C(=O)C/C=C(\C)CC/C=C(\C)CCC=C(C)C. The molecule has 0 unspecified atom stereocenters. The van der Waals surface area contributed by atoms with Crippen LogP contribution in [0, 0.1) is 0 Å². The second-order valence-electron chi connectivity index (χ2n) is 12.9. The Bertz CT molecular complexity index is 1150. The molecule has 0 rings (SSSR count). The van der Waals surface area contributed by atoms with Crippen LogP contribution in [0.1, 0.15) is 183 Å². The zero-order valence-electron chi connectivity index (χ0n) is 30.7. The Labute approximate surface area is 306 Å². The van der Waals surface area contributed by atoms with Gasteiger partial charge in [0.05, 0.1) is 0 Å². The standard InChI is InChI=1S/C23H36O2.C18H28O2.4CH4/c1-18(2)10-7-11-19(3)12-8-13-20(4)14-9-15-21(5)16-17-23(25)22(6)24;1-14(2)8-6-9-15(3)10-7-11-16(4)12-13-18(20)17(5)19;;;;/h10,12,14,16H,7-9,11,13,15,17H2,1-6H3;8,10,12H,6-7,9,11,13H2,1-5H3;4*1H4/b19-12+,20-14+,21-16+;15-10+,16-12+;;;;. The molecule has 0 atom stereocenters. The van der Waals surface area contributed by atoms with Crippen molar-refractivity contribution in [3.05, 3.63) is 81.5 Å². The van der Waals surface area contributed by atoms with E-state index in [4.69, 9.17) is 0 Å². The van der Waals surface area contributed by atoms with E-state index in [1.807, 2.05) is 26.0 Å². The Morgan fingerprint density at radius 1 is 0.327 bits per heavy atom. The van der Waals surface area contributed by atoms with Crippen LogP contribution >= 0.6 is 0 Å². The highest BCUT2D eigenvalue weighted by atomic mass is 16.2. The van der Waals surface area contributed by atoms with E-state index >= 15 is 0 Å². The molecule has 0 bridgehead atoms. The van der Waals surface area contributed by atoms with Crippen LogP contribution in [-0.4, -0.2) is 23.1 Å². The first-order valence-electron chi connectivity index (χ1n) is 16.7. The highest BCUT2D eigenvalue weighted by Crippen LogP contribution is 2.14. The largest absolute Gasteiger partial charge is 0.291 e. The summed E-state index contributed by atoms with van der Waals surface area (Å²) < 4.78 is 0. The Balaban J connectivity index is -0.000000178. The number of hydrogen-bond donors (Lipinski definition) is 0. The molecule has 0 N–H and O–H groups in total. The van der Waals surface area contributed by atoms with E-state index in [1.165, 1.54) is 52.9 Å². The quantitative estimate of drug-likeness (QED) is 0.0891. The molecule has 0 aliphatic carbocycles. The molecule has 0 saturated heterocycles. The lowest BCUT2D eigenvalue weighted by Gasteiger charge is -2.02. The van der Waals surface area contributed by atoms with Crippen molar-refractivity contribution in [3.63, 3.8) is 0 Å². The van der Waals surface area contributed by atoms with Gasteiger partial charge >= 0.3 is 0 Å². The van der Waals surface area contributed by atoms with Crippen LogP contribution in [0.5, 0.6) is 0 Å². The minimum absolute atomic E-state index is 0. The van der Waals surface area contributed by atoms with Crippen molar-refractivity contribution in [3.8, 4) is 0 Å². The molecule has 4 nitrogen and oxygen atoms in total. The van der Waals surface area contributed by atoms with Crippen molar-refractivity contribution in [2.75, 3.05) is 0 Å². The van der Waals surface area contributed by atoms with Crippen molar-refractivity contribution in [1.29, 1.82) is 0 Å². The van der Waals surface area contributed by atoms with Gasteiger partial charge in [-0.25, -0.2) is 0 Å². The van der Waals surface area contributed by atoms with Crippen molar-refractivity contribution in [2.24, 2.45) is 0 Å². The van der Waals surface area contributed by atoms with Gasteiger partial charge in [-0.15, -0.1) is 0 Å². The Morgan fingerprint density at radius 2 is 0.531 bits per heavy atom.